The lowest BCUT2D eigenvalue weighted by atomic mass is 9.39. The molecule has 3 aliphatic heterocycles. The zero-order chi connectivity index (χ0) is 75.5. The fraction of sp³-hybridized carbons (Fsp3) is 0.479. The first-order chi connectivity index (χ1) is 50.5. The Morgan fingerprint density at radius 1 is 0.830 bits per heavy atom. The van der Waals surface area contributed by atoms with E-state index in [1.54, 1.807) is 30.6 Å². The number of aliphatic hydroxyl groups is 3. The van der Waals surface area contributed by atoms with Gasteiger partial charge in [0.25, 0.3) is 17.7 Å². The molecule has 2 unspecified atom stereocenters. The lowest BCUT2D eigenvalue weighted by molar-refractivity contribution is -0.271. The van der Waals surface area contributed by atoms with Crippen LogP contribution < -0.4 is 25.6 Å². The third kappa shape index (κ3) is 17.7. The Balaban J connectivity index is 0.680. The van der Waals surface area contributed by atoms with Gasteiger partial charge >= 0.3 is 25.6 Å². The Hall–Kier alpha value is -9.37. The van der Waals surface area contributed by atoms with Gasteiger partial charge in [0.15, 0.2) is 16.9 Å². The molecule has 4 bridgehead atoms. The molecule has 1 saturated heterocycles. The molecule has 0 radical (unpaired) electrons. The van der Waals surface area contributed by atoms with Gasteiger partial charge in [0, 0.05) is 99.4 Å². The van der Waals surface area contributed by atoms with Gasteiger partial charge in [-0.2, -0.15) is 5.10 Å². The van der Waals surface area contributed by atoms with Crippen LogP contribution in [0.15, 0.2) is 91.3 Å². The van der Waals surface area contributed by atoms with Crippen LogP contribution in [0.1, 0.15) is 134 Å². The second-order valence-electron chi connectivity index (χ2n) is 29.2. The summed E-state index contributed by atoms with van der Waals surface area (Å²) in [7, 11) is -4.46. The summed E-state index contributed by atoms with van der Waals surface area (Å²) in [4.78, 5) is 141. The van der Waals surface area contributed by atoms with Gasteiger partial charge in [-0.25, -0.2) is 29.3 Å². The largest absolute Gasteiger partial charge is 0.479 e. The van der Waals surface area contributed by atoms with E-state index in [0.29, 0.717) is 95.3 Å². The number of carboxylic acids is 2. The number of aromatic carboxylic acids is 1. The highest BCUT2D eigenvalue weighted by Crippen LogP contribution is 2.72. The Morgan fingerprint density at radius 3 is 2.34 bits per heavy atom. The number of carboxylic acid groups (broad SMARTS) is 2. The molecule has 4 saturated carbocycles. The summed E-state index contributed by atoms with van der Waals surface area (Å²) in [6, 6.07) is 17.1. The van der Waals surface area contributed by atoms with E-state index in [4.69, 9.17) is 29.0 Å². The van der Waals surface area contributed by atoms with Crippen LogP contribution in [0.3, 0.4) is 0 Å². The van der Waals surface area contributed by atoms with Crippen molar-refractivity contribution in [1.82, 2.24) is 39.8 Å². The van der Waals surface area contributed by atoms with Crippen molar-refractivity contribution in [3.63, 3.8) is 0 Å². The summed E-state index contributed by atoms with van der Waals surface area (Å²) < 4.78 is 37.9. The van der Waals surface area contributed by atoms with Crippen LogP contribution in [0, 0.1) is 23.2 Å². The number of ether oxygens (including phenoxy) is 4. The van der Waals surface area contributed by atoms with E-state index in [1.807, 2.05) is 40.8 Å². The number of thiazole rings is 1. The summed E-state index contributed by atoms with van der Waals surface area (Å²) >= 11 is 1.28. The molecule has 7 atom stereocenters. The Kier molecular flexibility index (Phi) is 22.7. The number of rotatable bonds is 31. The quantitative estimate of drug-likeness (QED) is 0.0121. The lowest BCUT2D eigenvalue weighted by Gasteiger charge is -2.69. The molecular weight excluding hydrogens is 1410 g/mol. The van der Waals surface area contributed by atoms with Crippen LogP contribution in [0.5, 0.6) is 5.75 Å². The molecule has 31 nitrogen and oxygen atoms in total. The highest BCUT2D eigenvalue weighted by Gasteiger charge is 2.66. The predicted molar refractivity (Wildman–Crippen MR) is 384 cm³/mol. The molecule has 10 N–H and O–H groups in total. The number of fused-ring (bicyclic) bond motifs is 2. The van der Waals surface area contributed by atoms with Crippen molar-refractivity contribution in [2.75, 3.05) is 67.6 Å². The van der Waals surface area contributed by atoms with Crippen molar-refractivity contribution >= 4 is 99.6 Å². The van der Waals surface area contributed by atoms with Gasteiger partial charge in [0.05, 0.1) is 30.3 Å². The standard InChI is InChI=1S/C73H86N11O20PS/c1-43-48(46-17-19-53(79-58(46)65(93)94)82-28-23-45-12-7-13-47(49(45)35-82)63(92)80-68-78-50-14-8-24-75-64(50)106-68)34-76-84(43)42-72-37-70(2)36-71(3,38-72)40-73(39-70,41-72)102-31-29-81(26-10-32-105(98,99)100)69(97)101-30-9-11-44-16-18-52(103-67-61(91)59(89)60(90)62(104-67)66(95)96)51(33-44)77-55(86)22-25-74-54(85)15-5-4-6-27-83-56(87)20-21-57(83)88/h7-9,11-14,16-21,24,33-34,59-62,67,89-91H,4-6,10,15,22-23,25-32,35-42H2,1-3H3,(H,74,85)(H,77,86)(H,93,94)(H,95,96)(H,78,80,92)(H2,98,99,100)/b11-9+/t59-,60-,61+,62-,67+,70?,71?,72?,73?/m0/s1. The van der Waals surface area contributed by atoms with E-state index in [9.17, 15) is 78.2 Å². The molecule has 564 valence electrons. The zero-order valence-electron chi connectivity index (χ0n) is 58.8. The number of benzene rings is 2. The maximum Gasteiger partial charge on any atom is 0.410 e. The van der Waals surface area contributed by atoms with Gasteiger partial charge < -0.3 is 74.7 Å². The summed E-state index contributed by atoms with van der Waals surface area (Å²) in [5, 5.41) is 65.6. The molecule has 6 aromatic rings. The molecule has 7 heterocycles. The number of anilines is 3. The Bertz CT molecular complexity index is 4430. The molecule has 13 rings (SSSR count). The highest BCUT2D eigenvalue weighted by molar-refractivity contribution is 7.51. The van der Waals surface area contributed by atoms with E-state index in [1.165, 1.54) is 58.7 Å². The van der Waals surface area contributed by atoms with Gasteiger partial charge in [-0.05, 0) is 153 Å². The summed E-state index contributed by atoms with van der Waals surface area (Å²) in [5.74, 6) is -4.63. The van der Waals surface area contributed by atoms with Crippen molar-refractivity contribution in [3.05, 3.63) is 125 Å². The molecule has 4 aromatic heterocycles. The Labute approximate surface area is 613 Å². The molecule has 2 aromatic carbocycles. The number of nitrogens with one attached hydrogen (secondary N) is 3. The van der Waals surface area contributed by atoms with E-state index in [-0.39, 0.29) is 116 Å². The van der Waals surface area contributed by atoms with Crippen LogP contribution in [0.4, 0.5) is 21.4 Å². The average Bonchev–Trinajstić information content (AvgIpc) is 0.755. The summed E-state index contributed by atoms with van der Waals surface area (Å²) in [6.45, 7) is 7.73. The molecular formula is C73H86N11O20PS. The third-order valence-corrected chi connectivity index (χ3v) is 22.3. The fourth-order valence-corrected chi connectivity index (χ4v) is 18.3. The minimum Gasteiger partial charge on any atom is -0.479 e. The van der Waals surface area contributed by atoms with Gasteiger partial charge in [-0.3, -0.25) is 43.4 Å². The number of aromatic nitrogens is 5. The molecule has 0 spiro atoms. The van der Waals surface area contributed by atoms with Crippen LogP contribution in [0.25, 0.3) is 27.6 Å². The van der Waals surface area contributed by atoms with Gasteiger partial charge in [-0.1, -0.05) is 55.9 Å². The summed E-state index contributed by atoms with van der Waals surface area (Å²) in [6.07, 6.45) is 4.60. The third-order valence-electron chi connectivity index (χ3n) is 20.6. The van der Waals surface area contributed by atoms with Crippen molar-refractivity contribution in [1.29, 1.82) is 0 Å². The Morgan fingerprint density at radius 2 is 1.60 bits per heavy atom. The topological polar surface area (TPSA) is 434 Å². The zero-order valence-corrected chi connectivity index (χ0v) is 60.5. The van der Waals surface area contributed by atoms with Crippen molar-refractivity contribution in [2.45, 2.75) is 154 Å². The van der Waals surface area contributed by atoms with E-state index in [2.05, 4.69) is 39.8 Å². The monoisotopic (exact) mass is 1500 g/mol. The van der Waals surface area contributed by atoms with E-state index >= 15 is 0 Å². The number of nitrogens with zero attached hydrogens (tertiary/aromatic N) is 8. The highest BCUT2D eigenvalue weighted by atomic mass is 32.1. The first-order valence-electron chi connectivity index (χ1n) is 35.2. The van der Waals surface area contributed by atoms with E-state index in [0.717, 1.165) is 53.8 Å². The predicted octanol–water partition coefficient (Wildman–Crippen LogP) is 6.83. The van der Waals surface area contributed by atoms with Crippen LogP contribution in [-0.4, -0.2) is 206 Å². The smallest absolute Gasteiger partial charge is 0.410 e. The number of aliphatic carboxylic acids is 1. The normalized spacial score (nSPS) is 24.5. The van der Waals surface area contributed by atoms with Gasteiger partial charge in [0.1, 0.15) is 46.8 Å². The second kappa shape index (κ2) is 31.6. The van der Waals surface area contributed by atoms with Crippen molar-refractivity contribution in [3.8, 4) is 16.9 Å². The summed E-state index contributed by atoms with van der Waals surface area (Å²) in [5.41, 5.74) is 3.86. The van der Waals surface area contributed by atoms with E-state index < -0.39 is 74.0 Å². The number of hydrogen-bond donors (Lipinski definition) is 10. The molecule has 33 heteroatoms. The van der Waals surface area contributed by atoms with Gasteiger partial charge in [0.2, 0.25) is 18.1 Å². The number of unbranched alkanes of at least 4 members (excludes halogenated alkanes) is 2. The number of carbonyl (C=O) groups is 8. The van der Waals surface area contributed by atoms with Crippen LogP contribution >= 0.6 is 18.9 Å². The molecule has 7 aliphatic rings. The molecule has 106 heavy (non-hydrogen) atoms. The van der Waals surface area contributed by atoms with Gasteiger partial charge in [-0.15, -0.1) is 0 Å². The van der Waals surface area contributed by atoms with Crippen LogP contribution in [-0.2, 0) is 62.3 Å². The minimum absolute atomic E-state index is 0.0155. The molecule has 5 fully saturated rings. The maximum atomic E-state index is 14.0. The molecule has 4 aliphatic carbocycles. The van der Waals surface area contributed by atoms with Crippen molar-refractivity contribution < 1.29 is 97.2 Å². The number of hydrogen-bond acceptors (Lipinski definition) is 22. The maximum absolute atomic E-state index is 14.0. The minimum atomic E-state index is -4.46. The number of carbonyl (C=O) groups excluding carboxylic acids is 6. The van der Waals surface area contributed by atoms with Crippen LogP contribution in [0.2, 0.25) is 0 Å². The fourth-order valence-electron chi connectivity index (χ4n) is 17.0. The average molecular weight is 1500 g/mol. The molecule has 6 amide bonds. The second-order valence-corrected chi connectivity index (χ2v) is 32.0. The first kappa shape index (κ1) is 76.3. The number of aliphatic hydroxyl groups excluding tert-OH is 3. The van der Waals surface area contributed by atoms with Crippen molar-refractivity contribution in [2.24, 2.45) is 16.2 Å². The number of pyridine rings is 2. The SMILES string of the molecule is Cc1c(-c2ccc(N3CCc4cccc(C(=O)Nc5nc6cccnc6s5)c4C3)nc2C(=O)O)cnn1CC12CC3(C)CC(C)(C1)CC(OCCN(CCCP(=O)(O)O)C(=O)OC/C=C/c1ccc(O[C@@H]4O[C@H](C(=O)O)[C@@H](O)[C@H](O)[C@H]4O)c(NC(=O)CCNC(=O)CCCCCN4C(=O)C=CC4=O)c1)(C3)C2. The number of amides is 6. The lowest BCUT2D eigenvalue weighted by Crippen LogP contribution is -2.64. The first-order valence-corrected chi connectivity index (χ1v) is 37.8. The number of imide groups is 1.